The Kier molecular flexibility index (Phi) is 4.36. The summed E-state index contributed by atoms with van der Waals surface area (Å²) in [6.45, 7) is 4.92. The van der Waals surface area contributed by atoms with Crippen LogP contribution in [0.3, 0.4) is 0 Å². The molecule has 3 rings (SSSR count). The molecular weight excluding hydrogens is 254 g/mol. The van der Waals surface area contributed by atoms with Crippen molar-refractivity contribution in [1.29, 1.82) is 0 Å². The Morgan fingerprint density at radius 2 is 2.20 bits per heavy atom. The Hall–Kier alpha value is -0.940. The molecule has 1 aromatic heterocycles. The number of hydrogen-bond donors (Lipinski definition) is 1. The van der Waals surface area contributed by atoms with Crippen molar-refractivity contribution < 1.29 is 9.26 Å². The third-order valence-electron chi connectivity index (χ3n) is 4.58. The minimum absolute atomic E-state index is 0.289. The maximum atomic E-state index is 6.04. The second kappa shape index (κ2) is 6.22. The van der Waals surface area contributed by atoms with Crippen LogP contribution in [0.2, 0.25) is 0 Å². The van der Waals surface area contributed by atoms with Crippen molar-refractivity contribution in [2.45, 2.75) is 57.5 Å². The van der Waals surface area contributed by atoms with Crippen LogP contribution in [0.5, 0.6) is 0 Å². The molecule has 1 atom stereocenters. The monoisotopic (exact) mass is 279 g/mol. The lowest BCUT2D eigenvalue weighted by atomic mass is 9.84. The maximum absolute atomic E-state index is 6.04. The summed E-state index contributed by atoms with van der Waals surface area (Å²) in [7, 11) is 0. The summed E-state index contributed by atoms with van der Waals surface area (Å²) in [4.78, 5) is 4.66. The van der Waals surface area contributed by atoms with E-state index in [9.17, 15) is 0 Å². The third kappa shape index (κ3) is 2.88. The molecule has 1 aliphatic carbocycles. The second-order valence-corrected chi connectivity index (χ2v) is 6.06. The molecule has 1 unspecified atom stereocenters. The van der Waals surface area contributed by atoms with E-state index in [1.807, 2.05) is 6.92 Å². The number of ether oxygens (including phenoxy) is 1. The molecule has 0 spiro atoms. The first-order valence-corrected chi connectivity index (χ1v) is 8.00. The number of rotatable bonds is 5. The van der Waals surface area contributed by atoms with E-state index in [0.29, 0.717) is 12.5 Å². The Bertz CT molecular complexity index is 415. The summed E-state index contributed by atoms with van der Waals surface area (Å²) in [6, 6.07) is 0. The van der Waals surface area contributed by atoms with Gasteiger partial charge in [-0.05, 0) is 45.2 Å². The summed E-state index contributed by atoms with van der Waals surface area (Å²) < 4.78 is 11.5. The van der Waals surface area contributed by atoms with E-state index in [0.717, 1.165) is 44.1 Å². The van der Waals surface area contributed by atoms with Gasteiger partial charge in [-0.15, -0.1) is 0 Å². The van der Waals surface area contributed by atoms with Gasteiger partial charge in [-0.2, -0.15) is 4.98 Å². The predicted octanol–water partition coefficient (Wildman–Crippen LogP) is 2.42. The van der Waals surface area contributed by atoms with Gasteiger partial charge >= 0.3 is 0 Å². The van der Waals surface area contributed by atoms with Gasteiger partial charge in [-0.1, -0.05) is 24.4 Å². The highest BCUT2D eigenvalue weighted by Crippen LogP contribution is 2.39. The van der Waals surface area contributed by atoms with Crippen LogP contribution in [0.4, 0.5) is 0 Å². The molecule has 20 heavy (non-hydrogen) atoms. The molecule has 0 radical (unpaired) electrons. The molecule has 1 saturated carbocycles. The highest BCUT2D eigenvalue weighted by Gasteiger charge is 2.39. The van der Waals surface area contributed by atoms with Crippen LogP contribution >= 0.6 is 0 Å². The van der Waals surface area contributed by atoms with Gasteiger partial charge in [0.2, 0.25) is 11.7 Å². The average molecular weight is 279 g/mol. The molecule has 2 fully saturated rings. The molecule has 1 saturated heterocycles. The van der Waals surface area contributed by atoms with Crippen LogP contribution in [0.15, 0.2) is 4.52 Å². The first-order valence-electron chi connectivity index (χ1n) is 8.00. The van der Waals surface area contributed by atoms with Crippen molar-refractivity contribution >= 4 is 0 Å². The molecule has 1 aromatic rings. The lowest BCUT2D eigenvalue weighted by Crippen LogP contribution is -2.33. The van der Waals surface area contributed by atoms with Crippen molar-refractivity contribution in [2.24, 2.45) is 5.92 Å². The van der Waals surface area contributed by atoms with E-state index in [-0.39, 0.29) is 5.60 Å². The maximum Gasteiger partial charge on any atom is 0.227 e. The molecule has 5 nitrogen and oxygen atoms in total. The van der Waals surface area contributed by atoms with Crippen molar-refractivity contribution in [3.8, 4) is 0 Å². The predicted molar refractivity (Wildman–Crippen MR) is 75.4 cm³/mol. The standard InChI is InChI=1S/C15H25N3O2/c1-2-19-15(7-4-3-5-8-15)14-17-13(20-18-14)10-12-6-9-16-11-12/h12,16H,2-11H2,1H3. The van der Waals surface area contributed by atoms with Gasteiger partial charge in [0.25, 0.3) is 0 Å². The molecule has 2 heterocycles. The molecule has 5 heteroatoms. The third-order valence-corrected chi connectivity index (χ3v) is 4.58. The SMILES string of the molecule is CCOC1(c2noc(CC3CCNC3)n2)CCCCC1. The van der Waals surface area contributed by atoms with Gasteiger partial charge in [0.1, 0.15) is 5.60 Å². The number of aromatic nitrogens is 2. The van der Waals surface area contributed by atoms with Crippen molar-refractivity contribution in [2.75, 3.05) is 19.7 Å². The quantitative estimate of drug-likeness (QED) is 0.897. The Labute approximate surface area is 120 Å². The van der Waals surface area contributed by atoms with Crippen LogP contribution in [0.1, 0.15) is 57.2 Å². The Balaban J connectivity index is 1.72. The van der Waals surface area contributed by atoms with Crippen LogP contribution < -0.4 is 5.32 Å². The zero-order chi connectivity index (χ0) is 13.8. The van der Waals surface area contributed by atoms with Crippen LogP contribution in [0, 0.1) is 5.92 Å². The molecule has 0 amide bonds. The van der Waals surface area contributed by atoms with Gasteiger partial charge in [0, 0.05) is 13.0 Å². The number of hydrogen-bond acceptors (Lipinski definition) is 5. The average Bonchev–Trinajstić information content (AvgIpc) is 3.13. The molecular formula is C15H25N3O2. The van der Waals surface area contributed by atoms with E-state index < -0.39 is 0 Å². The fourth-order valence-corrected chi connectivity index (χ4v) is 3.49. The van der Waals surface area contributed by atoms with E-state index >= 15 is 0 Å². The normalized spacial score (nSPS) is 25.9. The minimum atomic E-state index is -0.289. The van der Waals surface area contributed by atoms with Gasteiger partial charge in [0.15, 0.2) is 0 Å². The van der Waals surface area contributed by atoms with Gasteiger partial charge in [-0.3, -0.25) is 0 Å². The van der Waals surface area contributed by atoms with Crippen LogP contribution in [0.25, 0.3) is 0 Å². The van der Waals surface area contributed by atoms with Crippen LogP contribution in [-0.2, 0) is 16.8 Å². The largest absolute Gasteiger partial charge is 0.367 e. The molecule has 1 N–H and O–H groups in total. The first-order chi connectivity index (χ1) is 9.82. The van der Waals surface area contributed by atoms with Crippen molar-refractivity contribution in [3.05, 3.63) is 11.7 Å². The fraction of sp³-hybridized carbons (Fsp3) is 0.867. The smallest absolute Gasteiger partial charge is 0.227 e. The number of nitrogens with zero attached hydrogens (tertiary/aromatic N) is 2. The Morgan fingerprint density at radius 1 is 1.35 bits per heavy atom. The fourth-order valence-electron chi connectivity index (χ4n) is 3.49. The Morgan fingerprint density at radius 3 is 2.90 bits per heavy atom. The molecule has 1 aliphatic heterocycles. The number of nitrogens with one attached hydrogen (secondary N) is 1. The zero-order valence-corrected chi connectivity index (χ0v) is 12.4. The van der Waals surface area contributed by atoms with Crippen molar-refractivity contribution in [1.82, 2.24) is 15.5 Å². The summed E-state index contributed by atoms with van der Waals surface area (Å²) in [5.41, 5.74) is -0.289. The van der Waals surface area contributed by atoms with Gasteiger partial charge < -0.3 is 14.6 Å². The van der Waals surface area contributed by atoms with E-state index in [1.54, 1.807) is 0 Å². The highest BCUT2D eigenvalue weighted by atomic mass is 16.5. The summed E-state index contributed by atoms with van der Waals surface area (Å²) in [5.74, 6) is 2.19. The van der Waals surface area contributed by atoms with E-state index in [1.165, 1.54) is 25.7 Å². The van der Waals surface area contributed by atoms with Gasteiger partial charge in [-0.25, -0.2) is 0 Å². The van der Waals surface area contributed by atoms with E-state index in [2.05, 4.69) is 15.5 Å². The molecule has 0 aromatic carbocycles. The van der Waals surface area contributed by atoms with E-state index in [4.69, 9.17) is 9.26 Å². The molecule has 0 bridgehead atoms. The first kappa shape index (κ1) is 14.0. The topological polar surface area (TPSA) is 60.2 Å². The molecule has 112 valence electrons. The summed E-state index contributed by atoms with van der Waals surface area (Å²) >= 11 is 0. The van der Waals surface area contributed by atoms with Crippen molar-refractivity contribution in [3.63, 3.8) is 0 Å². The second-order valence-electron chi connectivity index (χ2n) is 6.06. The summed E-state index contributed by atoms with van der Waals surface area (Å²) in [6.07, 6.45) is 7.80. The summed E-state index contributed by atoms with van der Waals surface area (Å²) in [5, 5.41) is 7.62. The van der Waals surface area contributed by atoms with Gasteiger partial charge in [0.05, 0.1) is 0 Å². The van der Waals surface area contributed by atoms with Crippen LogP contribution in [-0.4, -0.2) is 29.8 Å². The lowest BCUT2D eigenvalue weighted by molar-refractivity contribution is -0.0777. The molecule has 2 aliphatic rings. The highest BCUT2D eigenvalue weighted by molar-refractivity contribution is 5.04. The lowest BCUT2D eigenvalue weighted by Gasteiger charge is -2.33. The zero-order valence-electron chi connectivity index (χ0n) is 12.4. The minimum Gasteiger partial charge on any atom is -0.367 e.